The third-order valence-corrected chi connectivity index (χ3v) is 2.48. The van der Waals surface area contributed by atoms with E-state index in [9.17, 15) is 0 Å². The lowest BCUT2D eigenvalue weighted by Crippen LogP contribution is -2.03. The predicted octanol–water partition coefficient (Wildman–Crippen LogP) is 3.85. The van der Waals surface area contributed by atoms with Crippen LogP contribution in [0.2, 0.25) is 0 Å². The van der Waals surface area contributed by atoms with Gasteiger partial charge in [0.2, 0.25) is 0 Å². The Labute approximate surface area is 91.9 Å². The monoisotopic (exact) mass is 210 g/mol. The fourth-order valence-electron chi connectivity index (χ4n) is 1.50. The van der Waals surface area contributed by atoms with Crippen LogP contribution in [0.5, 0.6) is 0 Å². The van der Waals surface area contributed by atoms with E-state index in [1.165, 1.54) is 5.56 Å². The fourth-order valence-corrected chi connectivity index (χ4v) is 1.65. The highest BCUT2D eigenvalue weighted by atomic mass is 32.1. The summed E-state index contributed by atoms with van der Waals surface area (Å²) in [6, 6.07) is 8.22. The van der Waals surface area contributed by atoms with E-state index in [-0.39, 0.29) is 6.10 Å². The number of thiol groups is 1. The zero-order valence-electron chi connectivity index (χ0n) is 8.86. The first-order chi connectivity index (χ1) is 6.77. The number of rotatable bonds is 5. The number of benzene rings is 1. The average molecular weight is 210 g/mol. The van der Waals surface area contributed by atoms with Crippen molar-refractivity contribution in [3.8, 4) is 0 Å². The van der Waals surface area contributed by atoms with Gasteiger partial charge < -0.3 is 4.74 Å². The molecule has 0 saturated heterocycles. The van der Waals surface area contributed by atoms with Crippen LogP contribution in [0, 0.1) is 0 Å². The summed E-state index contributed by atoms with van der Waals surface area (Å²) in [4.78, 5) is 1.00. The van der Waals surface area contributed by atoms with Gasteiger partial charge in [-0.15, -0.1) is 12.6 Å². The molecule has 0 aliphatic heterocycles. The van der Waals surface area contributed by atoms with Crippen LogP contribution >= 0.6 is 12.6 Å². The average Bonchev–Trinajstić information content (AvgIpc) is 2.19. The second-order valence-corrected chi connectivity index (χ2v) is 3.84. The molecule has 1 rings (SSSR count). The van der Waals surface area contributed by atoms with Crippen molar-refractivity contribution in [2.75, 3.05) is 6.61 Å². The highest BCUT2D eigenvalue weighted by Crippen LogP contribution is 2.23. The zero-order chi connectivity index (χ0) is 10.4. The zero-order valence-corrected chi connectivity index (χ0v) is 9.76. The van der Waals surface area contributed by atoms with Crippen molar-refractivity contribution >= 4 is 12.6 Å². The van der Waals surface area contributed by atoms with Crippen LogP contribution in [0.1, 0.15) is 38.4 Å². The number of hydrogen-bond acceptors (Lipinski definition) is 2. The van der Waals surface area contributed by atoms with Crippen LogP contribution in [0.4, 0.5) is 0 Å². The highest BCUT2D eigenvalue weighted by Gasteiger charge is 2.09. The molecule has 1 aromatic rings. The topological polar surface area (TPSA) is 9.23 Å². The van der Waals surface area contributed by atoms with Gasteiger partial charge in [-0.05, 0) is 31.0 Å². The van der Waals surface area contributed by atoms with E-state index in [1.54, 1.807) is 0 Å². The molecule has 0 aromatic heterocycles. The molecule has 0 fully saturated rings. The molecule has 2 heteroatoms. The Kier molecular flexibility index (Phi) is 5.05. The fraction of sp³-hybridized carbons (Fsp3) is 0.500. The quantitative estimate of drug-likeness (QED) is 0.726. The Morgan fingerprint density at radius 3 is 2.36 bits per heavy atom. The van der Waals surface area contributed by atoms with Gasteiger partial charge in [0.15, 0.2) is 0 Å². The molecule has 1 aromatic carbocycles. The molecular weight excluding hydrogens is 192 g/mol. The lowest BCUT2D eigenvalue weighted by Gasteiger charge is -2.16. The molecule has 0 heterocycles. The molecule has 78 valence electrons. The van der Waals surface area contributed by atoms with E-state index in [1.807, 2.05) is 19.1 Å². The molecule has 0 amide bonds. The molecule has 14 heavy (non-hydrogen) atoms. The molecule has 0 aliphatic carbocycles. The molecule has 0 radical (unpaired) electrons. The number of hydrogen-bond donors (Lipinski definition) is 1. The lowest BCUT2D eigenvalue weighted by molar-refractivity contribution is 0.0556. The Hall–Kier alpha value is -0.470. The van der Waals surface area contributed by atoms with Crippen molar-refractivity contribution in [2.45, 2.75) is 37.7 Å². The van der Waals surface area contributed by atoms with Gasteiger partial charge in [-0.25, -0.2) is 0 Å². The van der Waals surface area contributed by atoms with Crippen molar-refractivity contribution in [1.29, 1.82) is 0 Å². The normalized spacial score (nSPS) is 12.8. The number of ether oxygens (including phenoxy) is 1. The summed E-state index contributed by atoms with van der Waals surface area (Å²) in [6.45, 7) is 4.99. The van der Waals surface area contributed by atoms with Crippen LogP contribution in [-0.2, 0) is 4.74 Å². The molecule has 0 bridgehead atoms. The second-order valence-electron chi connectivity index (χ2n) is 3.32. The third kappa shape index (κ3) is 3.35. The smallest absolute Gasteiger partial charge is 0.0824 e. The molecule has 0 spiro atoms. The maximum atomic E-state index is 5.68. The molecule has 0 saturated carbocycles. The van der Waals surface area contributed by atoms with Gasteiger partial charge in [-0.3, -0.25) is 0 Å². The van der Waals surface area contributed by atoms with Crippen LogP contribution < -0.4 is 0 Å². The standard InChI is InChI=1S/C12H18OS/c1-3-5-12(13-4-2)10-6-8-11(14)9-7-10/h6-9,12,14H,3-5H2,1-2H3/t12-/m1/s1. The Balaban J connectivity index is 2.71. The van der Waals surface area contributed by atoms with Crippen molar-refractivity contribution in [3.05, 3.63) is 29.8 Å². The summed E-state index contributed by atoms with van der Waals surface area (Å²) >= 11 is 4.26. The summed E-state index contributed by atoms with van der Waals surface area (Å²) in [5.74, 6) is 0. The minimum absolute atomic E-state index is 0.249. The molecule has 0 aliphatic rings. The summed E-state index contributed by atoms with van der Waals surface area (Å²) < 4.78 is 5.68. The largest absolute Gasteiger partial charge is 0.374 e. The van der Waals surface area contributed by atoms with Crippen molar-refractivity contribution < 1.29 is 4.74 Å². The van der Waals surface area contributed by atoms with E-state index < -0.39 is 0 Å². The Morgan fingerprint density at radius 1 is 1.21 bits per heavy atom. The Morgan fingerprint density at radius 2 is 1.86 bits per heavy atom. The third-order valence-electron chi connectivity index (χ3n) is 2.18. The predicted molar refractivity (Wildman–Crippen MR) is 63.0 cm³/mol. The molecule has 1 nitrogen and oxygen atoms in total. The maximum absolute atomic E-state index is 5.68. The molecular formula is C12H18OS. The van der Waals surface area contributed by atoms with Gasteiger partial charge in [0.25, 0.3) is 0 Å². The van der Waals surface area contributed by atoms with Gasteiger partial charge in [-0.1, -0.05) is 25.5 Å². The first-order valence-corrected chi connectivity index (χ1v) is 5.63. The maximum Gasteiger partial charge on any atom is 0.0824 e. The summed E-state index contributed by atoms with van der Waals surface area (Å²) in [5.41, 5.74) is 1.26. The minimum Gasteiger partial charge on any atom is -0.374 e. The van der Waals surface area contributed by atoms with Crippen LogP contribution in [0.25, 0.3) is 0 Å². The van der Waals surface area contributed by atoms with E-state index in [2.05, 4.69) is 31.7 Å². The van der Waals surface area contributed by atoms with Gasteiger partial charge in [0.05, 0.1) is 6.10 Å². The molecule has 0 N–H and O–H groups in total. The van der Waals surface area contributed by atoms with Gasteiger partial charge >= 0.3 is 0 Å². The van der Waals surface area contributed by atoms with Crippen LogP contribution in [-0.4, -0.2) is 6.61 Å². The molecule has 0 unspecified atom stereocenters. The first-order valence-electron chi connectivity index (χ1n) is 5.18. The van der Waals surface area contributed by atoms with E-state index in [4.69, 9.17) is 4.74 Å². The van der Waals surface area contributed by atoms with Crippen LogP contribution in [0.15, 0.2) is 29.2 Å². The summed E-state index contributed by atoms with van der Waals surface area (Å²) in [6.07, 6.45) is 2.48. The van der Waals surface area contributed by atoms with Crippen molar-refractivity contribution in [2.24, 2.45) is 0 Å². The minimum atomic E-state index is 0.249. The first kappa shape index (κ1) is 11.6. The van der Waals surface area contributed by atoms with Gasteiger partial charge in [0, 0.05) is 11.5 Å². The van der Waals surface area contributed by atoms with E-state index in [0.717, 1.165) is 24.3 Å². The van der Waals surface area contributed by atoms with Gasteiger partial charge in [0.1, 0.15) is 0 Å². The van der Waals surface area contributed by atoms with Gasteiger partial charge in [-0.2, -0.15) is 0 Å². The Bertz CT molecular complexity index is 250. The summed E-state index contributed by atoms with van der Waals surface area (Å²) in [5, 5.41) is 0. The van der Waals surface area contributed by atoms with Crippen molar-refractivity contribution in [1.82, 2.24) is 0 Å². The van der Waals surface area contributed by atoms with E-state index in [0.29, 0.717) is 0 Å². The van der Waals surface area contributed by atoms with Crippen LogP contribution in [0.3, 0.4) is 0 Å². The highest BCUT2D eigenvalue weighted by molar-refractivity contribution is 7.80. The summed E-state index contributed by atoms with van der Waals surface area (Å²) in [7, 11) is 0. The molecule has 1 atom stereocenters. The van der Waals surface area contributed by atoms with E-state index >= 15 is 0 Å². The second kappa shape index (κ2) is 6.10. The van der Waals surface area contributed by atoms with Crippen molar-refractivity contribution in [3.63, 3.8) is 0 Å². The SMILES string of the molecule is CCC[C@@H](OCC)c1ccc(S)cc1. The lowest BCUT2D eigenvalue weighted by atomic mass is 10.1.